The smallest absolute Gasteiger partial charge is 0.137 e. The number of hydrogen-bond donors (Lipinski definition) is 2. The van der Waals surface area contributed by atoms with Crippen molar-refractivity contribution in [3.8, 4) is 11.8 Å². The Kier molecular flexibility index (Phi) is 6.90. The first-order chi connectivity index (χ1) is 15.5. The van der Waals surface area contributed by atoms with Gasteiger partial charge >= 0.3 is 0 Å². The maximum absolute atomic E-state index is 10.7. The van der Waals surface area contributed by atoms with Crippen LogP contribution >= 0.6 is 11.6 Å². The third-order valence-corrected chi connectivity index (χ3v) is 6.56. The fourth-order valence-corrected chi connectivity index (χ4v) is 4.71. The molecule has 0 atom stereocenters. The lowest BCUT2D eigenvalue weighted by atomic mass is 9.93. The van der Waals surface area contributed by atoms with Crippen molar-refractivity contribution >= 4 is 22.4 Å². The van der Waals surface area contributed by atoms with Gasteiger partial charge in [0, 0.05) is 23.9 Å². The van der Waals surface area contributed by atoms with Crippen molar-refractivity contribution in [2.24, 2.45) is 0 Å². The fourth-order valence-electron chi connectivity index (χ4n) is 4.43. The number of benzene rings is 2. The van der Waals surface area contributed by atoms with Gasteiger partial charge in [-0.15, -0.1) is 0 Å². The molecular weight excluding hydrogens is 424 g/mol. The summed E-state index contributed by atoms with van der Waals surface area (Å²) in [5.41, 5.74) is 2.71. The Morgan fingerprint density at radius 2 is 1.88 bits per heavy atom. The van der Waals surface area contributed by atoms with E-state index < -0.39 is 5.60 Å². The lowest BCUT2D eigenvalue weighted by molar-refractivity contribution is 0.0389. The quantitative estimate of drug-likeness (QED) is 0.517. The zero-order valence-corrected chi connectivity index (χ0v) is 19.0. The maximum atomic E-state index is 10.7. The van der Waals surface area contributed by atoms with Gasteiger partial charge in [0.05, 0.1) is 40.8 Å². The molecule has 0 unspecified atom stereocenters. The van der Waals surface area contributed by atoms with Crippen molar-refractivity contribution in [1.29, 1.82) is 5.26 Å². The highest BCUT2D eigenvalue weighted by Crippen LogP contribution is 2.34. The molecule has 0 saturated heterocycles. The summed E-state index contributed by atoms with van der Waals surface area (Å²) in [6.07, 6.45) is 5.23. The van der Waals surface area contributed by atoms with Crippen LogP contribution in [0.2, 0.25) is 5.02 Å². The van der Waals surface area contributed by atoms with Gasteiger partial charge in [-0.1, -0.05) is 36.6 Å². The van der Waals surface area contributed by atoms with E-state index >= 15 is 0 Å². The Balaban J connectivity index is 1.52. The second-order valence-corrected chi connectivity index (χ2v) is 8.88. The van der Waals surface area contributed by atoms with Crippen LogP contribution in [0, 0.1) is 11.3 Å². The molecule has 7 heteroatoms. The Hall–Kier alpha value is -2.72. The number of nitrogens with zero attached hydrogens (tertiary/aromatic N) is 3. The molecule has 1 heterocycles. The molecule has 2 N–H and O–H groups in total. The molecule has 1 aliphatic carbocycles. The van der Waals surface area contributed by atoms with Crippen molar-refractivity contribution in [3.05, 3.63) is 63.9 Å². The number of hydrogen-bond acceptors (Lipinski definition) is 6. The minimum atomic E-state index is -0.583. The second kappa shape index (κ2) is 9.83. The van der Waals surface area contributed by atoms with Crippen molar-refractivity contribution in [2.45, 2.75) is 57.2 Å². The van der Waals surface area contributed by atoms with Crippen LogP contribution < -0.4 is 10.1 Å². The maximum Gasteiger partial charge on any atom is 0.137 e. The molecule has 1 saturated carbocycles. The summed E-state index contributed by atoms with van der Waals surface area (Å²) < 4.78 is 5.20. The first kappa shape index (κ1) is 22.5. The summed E-state index contributed by atoms with van der Waals surface area (Å²) in [5, 5.41) is 34.9. The van der Waals surface area contributed by atoms with Gasteiger partial charge in [0.1, 0.15) is 5.75 Å². The van der Waals surface area contributed by atoms with Gasteiger partial charge in [0.25, 0.3) is 0 Å². The van der Waals surface area contributed by atoms with E-state index in [1.54, 1.807) is 7.11 Å². The molecular formula is C25H27ClN4O2. The molecule has 6 nitrogen and oxygen atoms in total. The van der Waals surface area contributed by atoms with E-state index in [-0.39, 0.29) is 0 Å². The van der Waals surface area contributed by atoms with Gasteiger partial charge in [-0.05, 0) is 55.5 Å². The fraction of sp³-hybridized carbons (Fsp3) is 0.400. The molecule has 166 valence electrons. The summed E-state index contributed by atoms with van der Waals surface area (Å²) in [4.78, 5) is 0. The van der Waals surface area contributed by atoms with E-state index in [1.165, 1.54) is 0 Å². The van der Waals surface area contributed by atoms with Crippen LogP contribution in [0.15, 0.2) is 36.4 Å². The number of aromatic nitrogens is 2. The summed E-state index contributed by atoms with van der Waals surface area (Å²) in [6, 6.07) is 13.5. The zero-order chi connectivity index (χ0) is 22.6. The summed E-state index contributed by atoms with van der Waals surface area (Å²) in [5.74, 6) is 0.647. The molecule has 1 fully saturated rings. The number of fused-ring (bicyclic) bond motifs is 1. The van der Waals surface area contributed by atoms with Crippen LogP contribution in [0.3, 0.4) is 0 Å². The molecule has 0 amide bonds. The van der Waals surface area contributed by atoms with Crippen molar-refractivity contribution in [1.82, 2.24) is 15.5 Å². The highest BCUT2D eigenvalue weighted by atomic mass is 35.5. The molecule has 1 aliphatic rings. The number of ether oxygens (including phenoxy) is 1. The number of methoxy groups -OCH3 is 1. The van der Waals surface area contributed by atoms with Crippen LogP contribution in [0.25, 0.3) is 10.8 Å². The molecule has 0 bridgehead atoms. The Morgan fingerprint density at radius 3 is 2.59 bits per heavy atom. The lowest BCUT2D eigenvalue weighted by Gasteiger charge is -2.22. The standard InChI is InChI=1S/C25H27ClN4O2/c1-32-24-7-5-18(13-21(24)26)15-28-16-23-20-12-17(14-27)4-6-19(20)22(29-30-23)8-11-25(31)9-2-3-10-25/h4-7,12-13,28,31H,2-3,8-11,15-16H2,1H3. The van der Waals surface area contributed by atoms with E-state index in [4.69, 9.17) is 16.3 Å². The molecule has 32 heavy (non-hydrogen) atoms. The number of rotatable bonds is 8. The van der Waals surface area contributed by atoms with Crippen molar-refractivity contribution < 1.29 is 9.84 Å². The van der Waals surface area contributed by atoms with Gasteiger partial charge in [-0.25, -0.2) is 0 Å². The summed E-state index contributed by atoms with van der Waals surface area (Å²) >= 11 is 6.22. The molecule has 2 aromatic carbocycles. The normalized spacial score (nSPS) is 15.1. The molecule has 0 aliphatic heterocycles. The molecule has 0 radical (unpaired) electrons. The van der Waals surface area contributed by atoms with E-state index in [1.807, 2.05) is 36.4 Å². The van der Waals surface area contributed by atoms with Gasteiger partial charge < -0.3 is 15.2 Å². The Morgan fingerprint density at radius 1 is 1.09 bits per heavy atom. The number of nitriles is 1. The number of nitrogens with one attached hydrogen (secondary N) is 1. The minimum Gasteiger partial charge on any atom is -0.495 e. The van der Waals surface area contributed by atoms with E-state index in [0.29, 0.717) is 42.3 Å². The lowest BCUT2D eigenvalue weighted by Crippen LogP contribution is -2.25. The molecule has 4 rings (SSSR count). The van der Waals surface area contributed by atoms with Gasteiger partial charge in [0.15, 0.2) is 0 Å². The van der Waals surface area contributed by atoms with E-state index in [2.05, 4.69) is 21.6 Å². The number of aliphatic hydroxyl groups is 1. The SMILES string of the molecule is COc1ccc(CNCc2nnc(CCC3(O)CCCC3)c3ccc(C#N)cc23)cc1Cl. The predicted octanol–water partition coefficient (Wildman–Crippen LogP) is 4.69. The summed E-state index contributed by atoms with van der Waals surface area (Å²) in [6.45, 7) is 1.12. The summed E-state index contributed by atoms with van der Waals surface area (Å²) in [7, 11) is 1.59. The molecule has 0 spiro atoms. The monoisotopic (exact) mass is 450 g/mol. The van der Waals surface area contributed by atoms with Crippen LogP contribution in [0.4, 0.5) is 0 Å². The van der Waals surface area contributed by atoms with Gasteiger partial charge in [-0.3, -0.25) is 0 Å². The topological polar surface area (TPSA) is 91.1 Å². The van der Waals surface area contributed by atoms with Crippen molar-refractivity contribution in [2.75, 3.05) is 7.11 Å². The van der Waals surface area contributed by atoms with Crippen LogP contribution in [0.1, 0.15) is 54.6 Å². The largest absolute Gasteiger partial charge is 0.495 e. The Labute approximate surface area is 193 Å². The van der Waals surface area contributed by atoms with Crippen molar-refractivity contribution in [3.63, 3.8) is 0 Å². The third kappa shape index (κ3) is 5.02. The highest BCUT2D eigenvalue weighted by Gasteiger charge is 2.30. The molecule has 3 aromatic rings. The first-order valence-electron chi connectivity index (χ1n) is 11.0. The molecule has 1 aromatic heterocycles. The van der Waals surface area contributed by atoms with E-state index in [9.17, 15) is 10.4 Å². The predicted molar refractivity (Wildman–Crippen MR) is 125 cm³/mol. The first-order valence-corrected chi connectivity index (χ1v) is 11.3. The van der Waals surface area contributed by atoms with Gasteiger partial charge in [0.2, 0.25) is 0 Å². The van der Waals surface area contributed by atoms with Crippen LogP contribution in [-0.2, 0) is 19.5 Å². The van der Waals surface area contributed by atoms with Crippen LogP contribution in [-0.4, -0.2) is 28.0 Å². The zero-order valence-electron chi connectivity index (χ0n) is 18.2. The van der Waals surface area contributed by atoms with E-state index in [0.717, 1.165) is 53.4 Å². The third-order valence-electron chi connectivity index (χ3n) is 6.26. The number of aryl methyl sites for hydroxylation is 1. The van der Waals surface area contributed by atoms with Gasteiger partial charge in [-0.2, -0.15) is 15.5 Å². The Bertz CT molecular complexity index is 1150. The number of halogens is 1. The average Bonchev–Trinajstić information content (AvgIpc) is 3.24. The highest BCUT2D eigenvalue weighted by molar-refractivity contribution is 6.32. The average molecular weight is 451 g/mol. The second-order valence-electron chi connectivity index (χ2n) is 8.47. The van der Waals surface area contributed by atoms with Crippen LogP contribution in [0.5, 0.6) is 5.75 Å². The minimum absolute atomic E-state index is 0.506.